The Bertz CT molecular complexity index is 747. The number of ketones is 1. The van der Waals surface area contributed by atoms with E-state index >= 15 is 0 Å². The van der Waals surface area contributed by atoms with Gasteiger partial charge >= 0.3 is 5.97 Å². The molecule has 0 aliphatic carbocycles. The van der Waals surface area contributed by atoms with Crippen LogP contribution in [0.5, 0.6) is 5.75 Å². The highest BCUT2D eigenvalue weighted by atomic mass is 16.5. The van der Waals surface area contributed by atoms with Crippen LogP contribution in [0.25, 0.3) is 0 Å². The van der Waals surface area contributed by atoms with Crippen LogP contribution in [0.15, 0.2) is 36.4 Å². The van der Waals surface area contributed by atoms with Crippen LogP contribution >= 0.6 is 0 Å². The number of carboxylic acid groups (broad SMARTS) is 1. The van der Waals surface area contributed by atoms with Crippen LogP contribution in [0.1, 0.15) is 32.6 Å². The van der Waals surface area contributed by atoms with Crippen molar-refractivity contribution in [2.75, 3.05) is 6.61 Å². The lowest BCUT2D eigenvalue weighted by Crippen LogP contribution is -2.10. The Morgan fingerprint density at radius 2 is 1.95 bits per heavy atom. The highest BCUT2D eigenvalue weighted by molar-refractivity contribution is 6.12. The maximum absolute atomic E-state index is 12.8. The van der Waals surface area contributed by atoms with Crippen LogP contribution in [0.4, 0.5) is 0 Å². The first-order chi connectivity index (χ1) is 10.6. The van der Waals surface area contributed by atoms with Crippen LogP contribution in [0.2, 0.25) is 0 Å². The fourth-order valence-corrected chi connectivity index (χ4v) is 2.84. The molecule has 1 aliphatic rings. The number of carboxylic acids is 1. The lowest BCUT2D eigenvalue weighted by Gasteiger charge is -2.14. The summed E-state index contributed by atoms with van der Waals surface area (Å²) < 4.78 is 5.64. The molecule has 22 heavy (non-hydrogen) atoms. The zero-order valence-corrected chi connectivity index (χ0v) is 12.3. The molecule has 0 aromatic heterocycles. The van der Waals surface area contributed by atoms with Crippen molar-refractivity contribution in [3.8, 4) is 5.75 Å². The van der Waals surface area contributed by atoms with Gasteiger partial charge in [-0.15, -0.1) is 0 Å². The monoisotopic (exact) mass is 296 g/mol. The summed E-state index contributed by atoms with van der Waals surface area (Å²) in [6.07, 6.45) is 0.617. The zero-order valence-electron chi connectivity index (χ0n) is 12.3. The number of carbonyl (C=O) groups is 2. The summed E-state index contributed by atoms with van der Waals surface area (Å²) in [6, 6.07) is 10.8. The number of hydrogen-bond acceptors (Lipinski definition) is 3. The number of benzene rings is 2. The second-order valence-electron chi connectivity index (χ2n) is 5.39. The van der Waals surface area contributed by atoms with Crippen molar-refractivity contribution in [3.05, 3.63) is 64.2 Å². The Balaban J connectivity index is 2.15. The molecule has 0 spiro atoms. The first kappa shape index (κ1) is 14.3. The lowest BCUT2D eigenvalue weighted by atomic mass is 9.90. The predicted molar refractivity (Wildman–Crippen MR) is 81.6 cm³/mol. The van der Waals surface area contributed by atoms with Crippen molar-refractivity contribution < 1.29 is 19.4 Å². The summed E-state index contributed by atoms with van der Waals surface area (Å²) in [5.74, 6) is -0.413. The van der Waals surface area contributed by atoms with Gasteiger partial charge in [0.05, 0.1) is 18.6 Å². The smallest absolute Gasteiger partial charge is 0.307 e. The minimum absolute atomic E-state index is 0.0891. The van der Waals surface area contributed by atoms with Crippen molar-refractivity contribution in [1.82, 2.24) is 0 Å². The largest absolute Gasteiger partial charge is 0.492 e. The third-order valence-corrected chi connectivity index (χ3v) is 3.95. The number of ether oxygens (including phenoxy) is 1. The minimum Gasteiger partial charge on any atom is -0.492 e. The Kier molecular flexibility index (Phi) is 3.67. The van der Waals surface area contributed by atoms with E-state index in [0.29, 0.717) is 41.0 Å². The second-order valence-corrected chi connectivity index (χ2v) is 5.39. The first-order valence-electron chi connectivity index (χ1n) is 7.17. The first-order valence-corrected chi connectivity index (χ1v) is 7.17. The number of aliphatic carboxylic acids is 1. The third kappa shape index (κ3) is 2.48. The van der Waals surface area contributed by atoms with Gasteiger partial charge in [0.15, 0.2) is 5.78 Å². The summed E-state index contributed by atoms with van der Waals surface area (Å²) in [6.45, 7) is 2.32. The molecule has 0 saturated carbocycles. The summed E-state index contributed by atoms with van der Waals surface area (Å²) >= 11 is 0. The topological polar surface area (TPSA) is 63.6 Å². The summed E-state index contributed by atoms with van der Waals surface area (Å²) in [7, 11) is 0. The summed E-state index contributed by atoms with van der Waals surface area (Å²) in [4.78, 5) is 23.9. The molecule has 0 fully saturated rings. The van der Waals surface area contributed by atoms with E-state index in [2.05, 4.69) is 0 Å². The molecule has 1 N–H and O–H groups in total. The fourth-order valence-electron chi connectivity index (χ4n) is 2.84. The molecule has 2 aromatic carbocycles. The molecule has 4 heteroatoms. The van der Waals surface area contributed by atoms with Crippen molar-refractivity contribution in [3.63, 3.8) is 0 Å². The maximum Gasteiger partial charge on any atom is 0.307 e. The Hall–Kier alpha value is -2.62. The van der Waals surface area contributed by atoms with Crippen LogP contribution in [-0.4, -0.2) is 23.5 Å². The van der Waals surface area contributed by atoms with E-state index in [4.69, 9.17) is 9.84 Å². The van der Waals surface area contributed by atoms with E-state index in [1.165, 1.54) is 0 Å². The van der Waals surface area contributed by atoms with Crippen LogP contribution in [0.3, 0.4) is 0 Å². The van der Waals surface area contributed by atoms with Crippen LogP contribution in [0, 0.1) is 6.92 Å². The highest BCUT2D eigenvalue weighted by Crippen LogP contribution is 2.35. The molecule has 112 valence electrons. The van der Waals surface area contributed by atoms with Gasteiger partial charge in [-0.25, -0.2) is 0 Å². The van der Waals surface area contributed by atoms with Crippen LogP contribution in [-0.2, 0) is 17.6 Å². The zero-order chi connectivity index (χ0) is 15.7. The minimum atomic E-state index is -0.903. The molecule has 0 radical (unpaired) electrons. The fraction of sp³-hybridized carbons (Fsp3) is 0.222. The molecular weight excluding hydrogens is 280 g/mol. The van der Waals surface area contributed by atoms with E-state index in [1.807, 2.05) is 24.3 Å². The molecule has 0 atom stereocenters. The van der Waals surface area contributed by atoms with Gasteiger partial charge in [0.2, 0.25) is 0 Å². The standard InChI is InChI=1S/C18H16O4/c1-11-14(10-15(19)20)9-13-7-8-22-18(13)16(11)17(21)12-5-3-2-4-6-12/h2-6,9H,7-8,10H2,1H3,(H,19,20). The molecule has 4 nitrogen and oxygen atoms in total. The second kappa shape index (κ2) is 5.64. The van der Waals surface area contributed by atoms with Crippen molar-refractivity contribution in [2.45, 2.75) is 19.8 Å². The average molecular weight is 296 g/mol. The quantitative estimate of drug-likeness (QED) is 0.881. The number of hydrogen-bond donors (Lipinski definition) is 1. The molecule has 0 bridgehead atoms. The molecule has 1 heterocycles. The van der Waals surface area contributed by atoms with E-state index in [-0.39, 0.29) is 12.2 Å². The molecule has 0 saturated heterocycles. The molecule has 0 unspecified atom stereocenters. The molecule has 3 rings (SSSR count). The van der Waals surface area contributed by atoms with Gasteiger partial charge in [0, 0.05) is 12.0 Å². The lowest BCUT2D eigenvalue weighted by molar-refractivity contribution is -0.136. The summed E-state index contributed by atoms with van der Waals surface area (Å²) in [5.41, 5.74) is 3.36. The van der Waals surface area contributed by atoms with Gasteiger partial charge in [-0.3, -0.25) is 9.59 Å². The van der Waals surface area contributed by atoms with Crippen molar-refractivity contribution >= 4 is 11.8 Å². The maximum atomic E-state index is 12.8. The van der Waals surface area contributed by atoms with Crippen molar-refractivity contribution in [1.29, 1.82) is 0 Å². The normalized spacial score (nSPS) is 12.6. The molecular formula is C18H16O4. The Labute approximate surface area is 128 Å². The van der Waals surface area contributed by atoms with Gasteiger partial charge in [-0.1, -0.05) is 36.4 Å². The summed E-state index contributed by atoms with van der Waals surface area (Å²) in [5, 5.41) is 9.07. The predicted octanol–water partition coefficient (Wildman–Crippen LogP) is 2.79. The number of rotatable bonds is 4. The van der Waals surface area contributed by atoms with E-state index in [0.717, 1.165) is 5.56 Å². The number of carbonyl (C=O) groups excluding carboxylic acids is 1. The van der Waals surface area contributed by atoms with Gasteiger partial charge < -0.3 is 9.84 Å². The highest BCUT2D eigenvalue weighted by Gasteiger charge is 2.26. The van der Waals surface area contributed by atoms with E-state index < -0.39 is 5.97 Å². The average Bonchev–Trinajstić information content (AvgIpc) is 2.95. The third-order valence-electron chi connectivity index (χ3n) is 3.95. The SMILES string of the molecule is Cc1c(CC(=O)O)cc2c(c1C(=O)c1ccccc1)OCC2. The van der Waals surface area contributed by atoms with Gasteiger partial charge in [0.25, 0.3) is 0 Å². The van der Waals surface area contributed by atoms with Gasteiger partial charge in [-0.2, -0.15) is 0 Å². The molecule has 0 amide bonds. The molecule has 1 aliphatic heterocycles. The van der Waals surface area contributed by atoms with Gasteiger partial charge in [0.1, 0.15) is 5.75 Å². The van der Waals surface area contributed by atoms with Crippen molar-refractivity contribution in [2.24, 2.45) is 0 Å². The number of fused-ring (bicyclic) bond motifs is 1. The molecule has 2 aromatic rings. The van der Waals surface area contributed by atoms with E-state index in [1.54, 1.807) is 19.1 Å². The van der Waals surface area contributed by atoms with Gasteiger partial charge in [-0.05, 0) is 23.6 Å². The Morgan fingerprint density at radius 3 is 2.64 bits per heavy atom. The van der Waals surface area contributed by atoms with Crippen LogP contribution < -0.4 is 4.74 Å². The van der Waals surface area contributed by atoms with E-state index in [9.17, 15) is 9.59 Å². The Morgan fingerprint density at radius 1 is 1.23 bits per heavy atom.